The number of fused-ring (bicyclic) bond motifs is 2. The van der Waals surface area contributed by atoms with E-state index in [2.05, 4.69) is 36.0 Å². The molecule has 1 aromatic carbocycles. The number of nitrogens with one attached hydrogen (secondary N) is 2. The molecule has 210 valence electrons. The number of piperidine rings is 1. The summed E-state index contributed by atoms with van der Waals surface area (Å²) in [5, 5.41) is 23.9. The van der Waals surface area contributed by atoms with Crippen molar-refractivity contribution in [2.45, 2.75) is 63.7 Å². The Kier molecular flexibility index (Phi) is 6.91. The lowest BCUT2D eigenvalue weighted by molar-refractivity contribution is 0.186. The molecule has 6 rings (SSSR count). The van der Waals surface area contributed by atoms with Crippen molar-refractivity contribution in [3.63, 3.8) is 0 Å². The van der Waals surface area contributed by atoms with E-state index in [1.807, 2.05) is 32.9 Å². The molecule has 13 heteroatoms. The summed E-state index contributed by atoms with van der Waals surface area (Å²) in [5.74, 6) is 0.495. The Morgan fingerprint density at radius 1 is 1.18 bits per heavy atom. The van der Waals surface area contributed by atoms with Crippen LogP contribution in [-0.4, -0.2) is 58.4 Å². The molecule has 2 fully saturated rings. The molecule has 2 N–H and O–H groups in total. The van der Waals surface area contributed by atoms with Gasteiger partial charge in [-0.15, -0.1) is 4.72 Å². The third kappa shape index (κ3) is 4.50. The van der Waals surface area contributed by atoms with E-state index in [1.54, 1.807) is 11.7 Å². The van der Waals surface area contributed by atoms with Crippen molar-refractivity contribution >= 4 is 62.4 Å². The number of nitrogens with zero attached hydrogens (tertiary/aromatic N) is 7. The number of rotatable bonds is 4. The lowest BCUT2D eigenvalue weighted by Crippen LogP contribution is -2.53. The van der Waals surface area contributed by atoms with Crippen molar-refractivity contribution in [3.05, 3.63) is 28.0 Å². The van der Waals surface area contributed by atoms with Crippen molar-refractivity contribution in [2.24, 2.45) is 12.5 Å². The quantitative estimate of drug-likeness (QED) is 0.303. The van der Waals surface area contributed by atoms with Gasteiger partial charge in [0, 0.05) is 37.1 Å². The highest BCUT2D eigenvalue weighted by Gasteiger charge is 2.48. The van der Waals surface area contributed by atoms with Crippen LogP contribution < -0.4 is 9.62 Å². The summed E-state index contributed by atoms with van der Waals surface area (Å²) in [4.78, 5) is 11.6. The number of anilines is 1. The predicted octanol–water partition coefficient (Wildman–Crippen LogP) is 5.28. The predicted molar refractivity (Wildman–Crippen MR) is 159 cm³/mol. The normalized spacial score (nSPS) is 20.1. The van der Waals surface area contributed by atoms with Gasteiger partial charge in [-0.2, -0.15) is 20.4 Å². The van der Waals surface area contributed by atoms with Gasteiger partial charge in [0.15, 0.2) is 11.3 Å². The number of halogens is 2. The third-order valence-electron chi connectivity index (χ3n) is 8.40. The zero-order valence-electron chi connectivity index (χ0n) is 22.9. The van der Waals surface area contributed by atoms with Gasteiger partial charge in [-0.05, 0) is 64.0 Å². The van der Waals surface area contributed by atoms with E-state index in [1.165, 1.54) is 0 Å². The Morgan fingerprint density at radius 3 is 2.62 bits per heavy atom. The van der Waals surface area contributed by atoms with E-state index in [9.17, 15) is 9.81 Å². The summed E-state index contributed by atoms with van der Waals surface area (Å²) < 4.78 is 17.6. The lowest BCUT2D eigenvalue weighted by Gasteiger charge is -2.43. The van der Waals surface area contributed by atoms with E-state index in [0.717, 1.165) is 45.2 Å². The number of benzene rings is 1. The van der Waals surface area contributed by atoms with Crippen molar-refractivity contribution in [1.82, 2.24) is 34.7 Å². The Bertz CT molecular complexity index is 1650. The maximum atomic E-state index is 12.8. The molecule has 3 aromatic heterocycles. The lowest BCUT2D eigenvalue weighted by atomic mass is 9.74. The Balaban J connectivity index is 1.28. The number of aromatic nitrogens is 6. The van der Waals surface area contributed by atoms with Gasteiger partial charge in [-0.3, -0.25) is 9.78 Å². The second-order valence-corrected chi connectivity index (χ2v) is 14.5. The van der Waals surface area contributed by atoms with Gasteiger partial charge in [0.2, 0.25) is 5.95 Å². The minimum atomic E-state index is -1.10. The van der Waals surface area contributed by atoms with E-state index in [4.69, 9.17) is 28.2 Å². The molecule has 1 aliphatic carbocycles. The largest absolute Gasteiger partial charge is 0.598 e. The Hall–Kier alpha value is -2.62. The first-order valence-corrected chi connectivity index (χ1v) is 15.3. The first kappa shape index (κ1) is 27.5. The van der Waals surface area contributed by atoms with E-state index >= 15 is 0 Å². The van der Waals surface area contributed by atoms with Crippen LogP contribution in [0.2, 0.25) is 10.2 Å². The van der Waals surface area contributed by atoms with Crippen molar-refractivity contribution < 1.29 is 4.55 Å². The molecule has 1 saturated heterocycles. The van der Waals surface area contributed by atoms with Crippen LogP contribution in [0, 0.1) is 16.7 Å². The van der Waals surface area contributed by atoms with Crippen molar-refractivity contribution in [2.75, 3.05) is 18.0 Å². The number of aryl methyl sites for hydroxylation is 1. The molecule has 10 nitrogen and oxygen atoms in total. The molecule has 40 heavy (non-hydrogen) atoms. The number of nitriles is 1. The minimum absolute atomic E-state index is 0.113. The summed E-state index contributed by atoms with van der Waals surface area (Å²) in [6.07, 6.45) is 5.19. The summed E-state index contributed by atoms with van der Waals surface area (Å²) in [7, 11) is 1.76. The molecule has 0 amide bonds. The molecule has 1 spiro atoms. The van der Waals surface area contributed by atoms with Crippen LogP contribution in [0.5, 0.6) is 0 Å². The molecule has 4 heterocycles. The number of H-pyrrole nitrogens is 1. The number of hydrogen-bond acceptors (Lipinski definition) is 8. The topological polar surface area (TPSA) is 134 Å². The summed E-state index contributed by atoms with van der Waals surface area (Å²) in [6, 6.07) is 6.14. The molecule has 1 unspecified atom stereocenters. The molecule has 4 aromatic rings. The smallest absolute Gasteiger partial charge is 0.228 e. The summed E-state index contributed by atoms with van der Waals surface area (Å²) in [5.41, 5.74) is 2.64. The van der Waals surface area contributed by atoms with Crippen LogP contribution >= 0.6 is 23.2 Å². The highest BCUT2D eigenvalue weighted by atomic mass is 35.5. The fourth-order valence-corrected chi connectivity index (χ4v) is 7.72. The second-order valence-electron chi connectivity index (χ2n) is 11.8. The number of hydrogen-bond donors (Lipinski definition) is 2. The standard InChI is InChI=1S/C27H31Cl2N9OS/c1-26(2,3)40(39)36-18-6-5-9-27(18)10-12-38(13-11-27)25-31-17(14-30)20-22(33-34-24(20)32-25)15-7-8-16-19(21(15)28)23(29)37(4)35-16/h7-8,18,36H,5-6,9-13H2,1-4H3,(H,31,32,33,34)/t18-,40?/m1/s1. The highest BCUT2D eigenvalue weighted by Crippen LogP contribution is 2.47. The molecule has 2 atom stereocenters. The van der Waals surface area contributed by atoms with Crippen molar-refractivity contribution in [1.29, 1.82) is 5.26 Å². The van der Waals surface area contributed by atoms with Crippen LogP contribution in [-0.2, 0) is 18.4 Å². The van der Waals surface area contributed by atoms with Gasteiger partial charge in [0.1, 0.15) is 16.0 Å². The van der Waals surface area contributed by atoms with Crippen LogP contribution in [0.1, 0.15) is 58.6 Å². The molecule has 0 radical (unpaired) electrons. The second kappa shape index (κ2) is 10.0. The minimum Gasteiger partial charge on any atom is -0.598 e. The molecular formula is C27H31Cl2N9OS. The third-order valence-corrected chi connectivity index (χ3v) is 10.8. The van der Waals surface area contributed by atoms with E-state index in [0.29, 0.717) is 49.3 Å². The molecule has 2 aliphatic rings. The first-order chi connectivity index (χ1) is 19.0. The van der Waals surface area contributed by atoms with Crippen LogP contribution in [0.25, 0.3) is 33.2 Å². The molecular weight excluding hydrogens is 569 g/mol. The zero-order chi connectivity index (χ0) is 28.4. The fraction of sp³-hybridized carbons (Fsp3) is 0.519. The average Bonchev–Trinajstić information content (AvgIpc) is 3.60. The van der Waals surface area contributed by atoms with Gasteiger partial charge in [-0.1, -0.05) is 29.6 Å². The molecule has 1 saturated carbocycles. The first-order valence-electron chi connectivity index (χ1n) is 13.4. The van der Waals surface area contributed by atoms with E-state index < -0.39 is 11.4 Å². The molecule has 1 aliphatic heterocycles. The summed E-state index contributed by atoms with van der Waals surface area (Å²) >= 11 is 12.1. The van der Waals surface area contributed by atoms with Gasteiger partial charge < -0.3 is 9.45 Å². The SMILES string of the molecule is Cn1nc2ccc(-c3[nH]nc4nc(N5CCC6(CCC[C@H]6N[S+]([O-])C(C)(C)C)CC5)nc(C#N)c34)c(Cl)c2c1Cl. The van der Waals surface area contributed by atoms with Gasteiger partial charge in [0.25, 0.3) is 0 Å². The fourth-order valence-electron chi connectivity index (χ4n) is 6.12. The van der Waals surface area contributed by atoms with Gasteiger partial charge in [0.05, 0.1) is 33.0 Å². The maximum Gasteiger partial charge on any atom is 0.228 e. The average molecular weight is 601 g/mol. The summed E-state index contributed by atoms with van der Waals surface area (Å²) in [6.45, 7) is 7.52. The van der Waals surface area contributed by atoms with Crippen LogP contribution in [0.3, 0.4) is 0 Å². The highest BCUT2D eigenvalue weighted by molar-refractivity contribution is 7.90. The Morgan fingerprint density at radius 2 is 1.93 bits per heavy atom. The van der Waals surface area contributed by atoms with Crippen LogP contribution in [0.15, 0.2) is 12.1 Å². The number of aromatic amines is 1. The van der Waals surface area contributed by atoms with E-state index in [-0.39, 0.29) is 21.9 Å². The Labute approximate surface area is 245 Å². The maximum absolute atomic E-state index is 12.8. The monoisotopic (exact) mass is 599 g/mol. The van der Waals surface area contributed by atoms with Crippen molar-refractivity contribution in [3.8, 4) is 17.3 Å². The van der Waals surface area contributed by atoms with Crippen LogP contribution in [0.4, 0.5) is 5.95 Å². The van der Waals surface area contributed by atoms with Gasteiger partial charge in [-0.25, -0.2) is 4.98 Å². The zero-order valence-corrected chi connectivity index (χ0v) is 25.2. The van der Waals surface area contributed by atoms with Gasteiger partial charge >= 0.3 is 0 Å². The molecule has 0 bridgehead atoms.